The summed E-state index contributed by atoms with van der Waals surface area (Å²) < 4.78 is 0.812. The predicted octanol–water partition coefficient (Wildman–Crippen LogP) is 2.71. The molecule has 1 aliphatic heterocycles. The summed E-state index contributed by atoms with van der Waals surface area (Å²) in [6, 6.07) is 5.11. The summed E-state index contributed by atoms with van der Waals surface area (Å²) in [6.45, 7) is 0.514. The van der Waals surface area contributed by atoms with E-state index >= 15 is 0 Å². The first-order chi connectivity index (χ1) is 7.59. The molecule has 16 heavy (non-hydrogen) atoms. The van der Waals surface area contributed by atoms with Crippen LogP contribution in [0.25, 0.3) is 0 Å². The van der Waals surface area contributed by atoms with E-state index in [2.05, 4.69) is 22.6 Å². The number of hydrogen-bond donors (Lipinski definition) is 0. The highest BCUT2D eigenvalue weighted by Gasteiger charge is 2.28. The lowest BCUT2D eigenvalue weighted by atomic mass is 10.2. The van der Waals surface area contributed by atoms with Gasteiger partial charge in [-0.05, 0) is 47.2 Å². The van der Waals surface area contributed by atoms with Gasteiger partial charge in [-0.15, -0.1) is 0 Å². The molecule has 1 aliphatic rings. The zero-order valence-electron chi connectivity index (χ0n) is 8.37. The average Bonchev–Trinajstić information content (AvgIpc) is 2.67. The predicted molar refractivity (Wildman–Crippen MR) is 69.4 cm³/mol. The SMILES string of the molecule is O=C1CCCN1C(=O)c1cc(Cl)ccc1I. The van der Waals surface area contributed by atoms with Gasteiger partial charge in [0.1, 0.15) is 0 Å². The number of likely N-dealkylation sites (tertiary alicyclic amines) is 1. The van der Waals surface area contributed by atoms with Crippen LogP contribution in [0.3, 0.4) is 0 Å². The smallest absolute Gasteiger partial charge is 0.261 e. The zero-order chi connectivity index (χ0) is 11.7. The molecule has 2 rings (SSSR count). The van der Waals surface area contributed by atoms with Crippen LogP contribution in [0, 0.1) is 3.57 Å². The van der Waals surface area contributed by atoms with Crippen molar-refractivity contribution >= 4 is 46.0 Å². The Kier molecular flexibility index (Phi) is 3.49. The van der Waals surface area contributed by atoms with Gasteiger partial charge in [0.2, 0.25) is 5.91 Å². The van der Waals surface area contributed by atoms with Crippen molar-refractivity contribution in [3.05, 3.63) is 32.4 Å². The molecule has 2 amide bonds. The molecule has 0 bridgehead atoms. The van der Waals surface area contributed by atoms with Crippen molar-refractivity contribution in [3.8, 4) is 0 Å². The Bertz CT molecular complexity index is 461. The van der Waals surface area contributed by atoms with Crippen LogP contribution in [-0.4, -0.2) is 23.3 Å². The van der Waals surface area contributed by atoms with E-state index in [9.17, 15) is 9.59 Å². The molecule has 1 saturated heterocycles. The molecule has 0 spiro atoms. The van der Waals surface area contributed by atoms with Crippen LogP contribution in [0.4, 0.5) is 0 Å². The number of halogens is 2. The molecule has 0 aliphatic carbocycles. The fourth-order valence-electron chi connectivity index (χ4n) is 1.67. The third kappa shape index (κ3) is 2.22. The Morgan fingerprint density at radius 2 is 2.19 bits per heavy atom. The van der Waals surface area contributed by atoms with E-state index in [4.69, 9.17) is 11.6 Å². The molecular weight excluding hydrogens is 340 g/mol. The van der Waals surface area contributed by atoms with Crippen LogP contribution in [0.5, 0.6) is 0 Å². The van der Waals surface area contributed by atoms with Crippen molar-refractivity contribution in [1.29, 1.82) is 0 Å². The fourth-order valence-corrected chi connectivity index (χ4v) is 2.41. The largest absolute Gasteiger partial charge is 0.278 e. The third-order valence-corrected chi connectivity index (χ3v) is 3.65. The minimum absolute atomic E-state index is 0.0965. The lowest BCUT2D eigenvalue weighted by molar-refractivity contribution is -0.125. The van der Waals surface area contributed by atoms with Gasteiger partial charge in [-0.2, -0.15) is 0 Å². The molecule has 1 heterocycles. The first-order valence-corrected chi connectivity index (χ1v) is 6.35. The minimum atomic E-state index is -0.241. The lowest BCUT2D eigenvalue weighted by Gasteiger charge is -2.14. The number of carbonyl (C=O) groups is 2. The number of amides is 2. The third-order valence-electron chi connectivity index (χ3n) is 2.48. The zero-order valence-corrected chi connectivity index (χ0v) is 11.3. The van der Waals surface area contributed by atoms with Gasteiger partial charge in [0.25, 0.3) is 5.91 Å². The second kappa shape index (κ2) is 4.71. The Morgan fingerprint density at radius 1 is 1.44 bits per heavy atom. The molecule has 1 aromatic rings. The monoisotopic (exact) mass is 349 g/mol. The van der Waals surface area contributed by atoms with Gasteiger partial charge in [-0.1, -0.05) is 11.6 Å². The second-order valence-electron chi connectivity index (χ2n) is 3.58. The summed E-state index contributed by atoms with van der Waals surface area (Å²) >= 11 is 7.91. The van der Waals surface area contributed by atoms with Gasteiger partial charge in [-0.3, -0.25) is 14.5 Å². The molecule has 3 nitrogen and oxygen atoms in total. The maximum absolute atomic E-state index is 12.1. The molecule has 0 saturated carbocycles. The number of imide groups is 1. The van der Waals surface area contributed by atoms with E-state index in [0.717, 1.165) is 9.99 Å². The summed E-state index contributed by atoms with van der Waals surface area (Å²) in [5, 5.41) is 0.510. The van der Waals surface area contributed by atoms with Crippen LogP contribution < -0.4 is 0 Å². The van der Waals surface area contributed by atoms with Crippen molar-refractivity contribution in [2.24, 2.45) is 0 Å². The molecule has 0 unspecified atom stereocenters. The first-order valence-electron chi connectivity index (χ1n) is 4.89. The summed E-state index contributed by atoms with van der Waals surface area (Å²) in [5.41, 5.74) is 0.503. The second-order valence-corrected chi connectivity index (χ2v) is 5.18. The number of benzene rings is 1. The number of rotatable bonds is 1. The van der Waals surface area contributed by atoms with Gasteiger partial charge >= 0.3 is 0 Å². The molecule has 0 radical (unpaired) electrons. The highest BCUT2D eigenvalue weighted by atomic mass is 127. The molecule has 1 fully saturated rings. The maximum Gasteiger partial charge on any atom is 0.261 e. The van der Waals surface area contributed by atoms with E-state index in [-0.39, 0.29) is 11.8 Å². The molecule has 84 valence electrons. The Hall–Kier alpha value is -0.620. The van der Waals surface area contributed by atoms with Gasteiger partial charge in [0, 0.05) is 21.6 Å². The molecular formula is C11H9ClINO2. The number of carbonyl (C=O) groups excluding carboxylic acids is 2. The van der Waals surface area contributed by atoms with Crippen LogP contribution in [0.15, 0.2) is 18.2 Å². The lowest BCUT2D eigenvalue weighted by Crippen LogP contribution is -2.32. The van der Waals surface area contributed by atoms with Gasteiger partial charge in [0.15, 0.2) is 0 Å². The number of nitrogens with zero attached hydrogens (tertiary/aromatic N) is 1. The maximum atomic E-state index is 12.1. The van der Waals surface area contributed by atoms with E-state index < -0.39 is 0 Å². The van der Waals surface area contributed by atoms with Gasteiger partial charge in [0.05, 0.1) is 5.56 Å². The van der Waals surface area contributed by atoms with Gasteiger partial charge in [-0.25, -0.2) is 0 Å². The first kappa shape index (κ1) is 11.9. The van der Waals surface area contributed by atoms with Crippen molar-refractivity contribution in [2.75, 3.05) is 6.54 Å². The Labute approximate surface area is 112 Å². The Morgan fingerprint density at radius 3 is 2.81 bits per heavy atom. The normalized spacial score (nSPS) is 15.6. The standard InChI is InChI=1S/C11H9ClINO2/c12-7-3-4-9(13)8(6-7)11(16)14-5-1-2-10(14)15/h3-4,6H,1-2,5H2. The topological polar surface area (TPSA) is 37.4 Å². The van der Waals surface area contributed by atoms with E-state index in [1.807, 2.05) is 0 Å². The van der Waals surface area contributed by atoms with Crippen LogP contribution in [0.2, 0.25) is 5.02 Å². The molecule has 5 heteroatoms. The van der Waals surface area contributed by atoms with Gasteiger partial charge < -0.3 is 0 Å². The minimum Gasteiger partial charge on any atom is -0.278 e. The molecule has 1 aromatic carbocycles. The van der Waals surface area contributed by atoms with Crippen LogP contribution >= 0.6 is 34.2 Å². The van der Waals surface area contributed by atoms with E-state index in [0.29, 0.717) is 23.6 Å². The molecule has 0 atom stereocenters. The Balaban J connectivity index is 2.33. The quantitative estimate of drug-likeness (QED) is 0.577. The van der Waals surface area contributed by atoms with Crippen molar-refractivity contribution in [3.63, 3.8) is 0 Å². The summed E-state index contributed by atoms with van der Waals surface area (Å²) in [4.78, 5) is 24.8. The van der Waals surface area contributed by atoms with Crippen molar-refractivity contribution < 1.29 is 9.59 Å². The molecule has 0 N–H and O–H groups in total. The highest BCUT2D eigenvalue weighted by Crippen LogP contribution is 2.21. The van der Waals surface area contributed by atoms with Crippen LogP contribution in [0.1, 0.15) is 23.2 Å². The summed E-state index contributed by atoms with van der Waals surface area (Å²) in [5.74, 6) is -0.338. The van der Waals surface area contributed by atoms with Crippen molar-refractivity contribution in [1.82, 2.24) is 4.90 Å². The summed E-state index contributed by atoms with van der Waals surface area (Å²) in [6.07, 6.45) is 1.21. The van der Waals surface area contributed by atoms with E-state index in [1.54, 1.807) is 18.2 Å². The fraction of sp³-hybridized carbons (Fsp3) is 0.273. The average molecular weight is 350 g/mol. The summed E-state index contributed by atoms with van der Waals surface area (Å²) in [7, 11) is 0. The van der Waals surface area contributed by atoms with E-state index in [1.165, 1.54) is 4.90 Å². The van der Waals surface area contributed by atoms with Crippen LogP contribution in [-0.2, 0) is 4.79 Å². The van der Waals surface area contributed by atoms with Crippen molar-refractivity contribution in [2.45, 2.75) is 12.8 Å². The molecule has 0 aromatic heterocycles. The highest BCUT2D eigenvalue weighted by molar-refractivity contribution is 14.1. The number of hydrogen-bond acceptors (Lipinski definition) is 2.